The summed E-state index contributed by atoms with van der Waals surface area (Å²) in [6, 6.07) is 2.73. The Balaban J connectivity index is 2.02. The molecule has 3 rings (SSSR count). The van der Waals surface area contributed by atoms with Gasteiger partial charge in [-0.2, -0.15) is 18.3 Å². The molecule has 0 amide bonds. The summed E-state index contributed by atoms with van der Waals surface area (Å²) in [6.07, 6.45) is 0.304. The van der Waals surface area contributed by atoms with E-state index in [9.17, 15) is 13.2 Å². The number of alkyl halides is 3. The minimum atomic E-state index is -4.49. The van der Waals surface area contributed by atoms with E-state index < -0.39 is 11.9 Å². The van der Waals surface area contributed by atoms with Crippen LogP contribution in [0.2, 0.25) is 0 Å². The van der Waals surface area contributed by atoms with E-state index in [4.69, 9.17) is 5.73 Å². The molecular weight excluding hydrogens is 257 g/mol. The van der Waals surface area contributed by atoms with Crippen LogP contribution in [0.1, 0.15) is 30.1 Å². The Morgan fingerprint density at radius 1 is 1.32 bits per heavy atom. The second-order valence-electron chi connectivity index (χ2n) is 4.59. The predicted molar refractivity (Wildman–Crippen MR) is 62.7 cm³/mol. The number of halogens is 3. The molecule has 0 aromatic carbocycles. The van der Waals surface area contributed by atoms with E-state index in [1.165, 1.54) is 4.68 Å². The zero-order valence-electron chi connectivity index (χ0n) is 9.85. The number of aromatic nitrogens is 3. The molecular formula is C12H11F3N4. The van der Waals surface area contributed by atoms with Crippen LogP contribution in [0.5, 0.6) is 0 Å². The first kappa shape index (κ1) is 12.0. The van der Waals surface area contributed by atoms with Crippen molar-refractivity contribution >= 4 is 5.69 Å². The molecule has 100 valence electrons. The highest BCUT2D eigenvalue weighted by atomic mass is 19.4. The van der Waals surface area contributed by atoms with Crippen LogP contribution in [-0.4, -0.2) is 14.8 Å². The fourth-order valence-electron chi connectivity index (χ4n) is 1.88. The van der Waals surface area contributed by atoms with Crippen molar-refractivity contribution < 1.29 is 13.2 Å². The maximum absolute atomic E-state index is 12.6. The van der Waals surface area contributed by atoms with E-state index in [0.29, 0.717) is 5.92 Å². The highest BCUT2D eigenvalue weighted by Crippen LogP contribution is 2.39. The Kier molecular flexibility index (Phi) is 2.51. The third kappa shape index (κ3) is 2.27. The van der Waals surface area contributed by atoms with Gasteiger partial charge in [-0.25, -0.2) is 9.67 Å². The van der Waals surface area contributed by atoms with E-state index in [-0.39, 0.29) is 11.4 Å². The van der Waals surface area contributed by atoms with Crippen molar-refractivity contribution in [2.24, 2.45) is 0 Å². The first-order valence-corrected chi connectivity index (χ1v) is 5.84. The summed E-state index contributed by atoms with van der Waals surface area (Å²) in [6.45, 7) is 0. The number of pyridine rings is 1. The van der Waals surface area contributed by atoms with Crippen molar-refractivity contribution in [3.05, 3.63) is 35.9 Å². The van der Waals surface area contributed by atoms with Gasteiger partial charge < -0.3 is 5.73 Å². The molecule has 19 heavy (non-hydrogen) atoms. The normalized spacial score (nSPS) is 15.7. The summed E-state index contributed by atoms with van der Waals surface area (Å²) >= 11 is 0. The van der Waals surface area contributed by atoms with Crippen LogP contribution in [0.25, 0.3) is 5.69 Å². The highest BCUT2D eigenvalue weighted by Gasteiger charge is 2.33. The van der Waals surface area contributed by atoms with Gasteiger partial charge in [-0.1, -0.05) is 0 Å². The van der Waals surface area contributed by atoms with Crippen LogP contribution in [0.3, 0.4) is 0 Å². The third-order valence-electron chi connectivity index (χ3n) is 3.05. The van der Waals surface area contributed by atoms with Crippen LogP contribution >= 0.6 is 0 Å². The Morgan fingerprint density at radius 3 is 2.68 bits per heavy atom. The molecule has 1 saturated carbocycles. The van der Waals surface area contributed by atoms with Crippen molar-refractivity contribution in [3.63, 3.8) is 0 Å². The van der Waals surface area contributed by atoms with Crippen LogP contribution in [0.15, 0.2) is 24.5 Å². The lowest BCUT2D eigenvalue weighted by atomic mass is 10.3. The summed E-state index contributed by atoms with van der Waals surface area (Å²) in [7, 11) is 0. The number of hydrogen-bond donors (Lipinski definition) is 1. The summed E-state index contributed by atoms with van der Waals surface area (Å²) < 4.78 is 39.3. The minimum absolute atomic E-state index is 0.165. The van der Waals surface area contributed by atoms with E-state index in [1.54, 1.807) is 6.20 Å². The van der Waals surface area contributed by atoms with Gasteiger partial charge in [0.2, 0.25) is 0 Å². The standard InChI is InChI=1S/C12H11F3N4/c13-12(14,15)11-5-10(8(16)6-17-11)19-4-3-9(18-19)7-1-2-7/h3-7H,1-2,16H2. The van der Waals surface area contributed by atoms with Gasteiger partial charge in [0.15, 0.2) is 0 Å². The zero-order valence-corrected chi connectivity index (χ0v) is 9.85. The Bertz CT molecular complexity index is 614. The number of nitrogens with zero attached hydrogens (tertiary/aromatic N) is 3. The molecule has 2 aromatic heterocycles. The molecule has 2 aromatic rings. The second-order valence-corrected chi connectivity index (χ2v) is 4.59. The van der Waals surface area contributed by atoms with Gasteiger partial charge in [0.25, 0.3) is 0 Å². The molecule has 2 N–H and O–H groups in total. The summed E-state index contributed by atoms with van der Waals surface area (Å²) in [4.78, 5) is 3.30. The van der Waals surface area contributed by atoms with Crippen LogP contribution < -0.4 is 5.73 Å². The van der Waals surface area contributed by atoms with E-state index >= 15 is 0 Å². The molecule has 0 atom stereocenters. The molecule has 1 fully saturated rings. The second kappa shape index (κ2) is 3.97. The lowest BCUT2D eigenvalue weighted by molar-refractivity contribution is -0.141. The zero-order chi connectivity index (χ0) is 13.6. The maximum atomic E-state index is 12.6. The number of nitrogens with two attached hydrogens (primary N) is 1. The topological polar surface area (TPSA) is 56.7 Å². The molecule has 1 aliphatic rings. The predicted octanol–water partition coefficient (Wildman–Crippen LogP) is 2.75. The summed E-state index contributed by atoms with van der Waals surface area (Å²) in [5.41, 5.74) is 5.96. The molecule has 2 heterocycles. The molecule has 0 unspecified atom stereocenters. The third-order valence-corrected chi connectivity index (χ3v) is 3.05. The molecule has 7 heteroatoms. The minimum Gasteiger partial charge on any atom is -0.396 e. The average Bonchev–Trinajstić information content (AvgIpc) is 3.07. The molecule has 0 aliphatic heterocycles. The van der Waals surface area contributed by atoms with E-state index in [2.05, 4.69) is 10.1 Å². The smallest absolute Gasteiger partial charge is 0.396 e. The van der Waals surface area contributed by atoms with Gasteiger partial charge in [0.05, 0.1) is 23.3 Å². The Labute approximate surface area is 107 Å². The van der Waals surface area contributed by atoms with Gasteiger partial charge in [0, 0.05) is 12.1 Å². The van der Waals surface area contributed by atoms with Gasteiger partial charge in [-0.15, -0.1) is 0 Å². The molecule has 0 bridgehead atoms. The van der Waals surface area contributed by atoms with Crippen LogP contribution in [-0.2, 0) is 6.18 Å². The van der Waals surface area contributed by atoms with Gasteiger partial charge in [-0.3, -0.25) is 0 Å². The van der Waals surface area contributed by atoms with Crippen LogP contribution in [0.4, 0.5) is 18.9 Å². The van der Waals surface area contributed by atoms with Crippen molar-refractivity contribution in [2.45, 2.75) is 24.9 Å². The maximum Gasteiger partial charge on any atom is 0.433 e. The highest BCUT2D eigenvalue weighted by molar-refractivity contribution is 5.56. The van der Waals surface area contributed by atoms with Crippen molar-refractivity contribution in [1.29, 1.82) is 0 Å². The molecule has 4 nitrogen and oxygen atoms in total. The largest absolute Gasteiger partial charge is 0.433 e. The summed E-state index contributed by atoms with van der Waals surface area (Å²) in [5.74, 6) is 0.436. The fourth-order valence-corrected chi connectivity index (χ4v) is 1.88. The Hall–Kier alpha value is -2.05. The van der Waals surface area contributed by atoms with Crippen molar-refractivity contribution in [1.82, 2.24) is 14.8 Å². The van der Waals surface area contributed by atoms with Crippen molar-refractivity contribution in [2.75, 3.05) is 5.73 Å². The average molecular weight is 268 g/mol. The lowest BCUT2D eigenvalue weighted by Crippen LogP contribution is -2.11. The number of anilines is 1. The van der Waals surface area contributed by atoms with E-state index in [1.807, 2.05) is 6.07 Å². The number of nitrogen functional groups attached to an aromatic ring is 1. The molecule has 1 aliphatic carbocycles. The first-order valence-electron chi connectivity index (χ1n) is 5.84. The quantitative estimate of drug-likeness (QED) is 0.911. The SMILES string of the molecule is Nc1cnc(C(F)(F)F)cc1-n1ccc(C2CC2)n1. The first-order chi connectivity index (χ1) is 8.95. The fraction of sp³-hybridized carbons (Fsp3) is 0.333. The van der Waals surface area contributed by atoms with Crippen LogP contribution in [0, 0.1) is 0 Å². The lowest BCUT2D eigenvalue weighted by Gasteiger charge is -2.10. The number of rotatable bonds is 2. The van der Waals surface area contributed by atoms with Gasteiger partial charge in [0.1, 0.15) is 5.69 Å². The van der Waals surface area contributed by atoms with Gasteiger partial charge in [-0.05, 0) is 25.0 Å². The van der Waals surface area contributed by atoms with Gasteiger partial charge >= 0.3 is 6.18 Å². The molecule has 0 spiro atoms. The molecule has 0 radical (unpaired) electrons. The number of hydrogen-bond acceptors (Lipinski definition) is 3. The van der Waals surface area contributed by atoms with Crippen molar-refractivity contribution in [3.8, 4) is 5.69 Å². The Morgan fingerprint density at radius 2 is 2.05 bits per heavy atom. The van der Waals surface area contributed by atoms with E-state index in [0.717, 1.165) is 30.8 Å². The molecule has 0 saturated heterocycles. The summed E-state index contributed by atoms with van der Waals surface area (Å²) in [5, 5.41) is 4.27. The monoisotopic (exact) mass is 268 g/mol.